The largest absolute Gasteiger partial charge is 0.497 e. The first-order valence-electron chi connectivity index (χ1n) is 18.4. The highest BCUT2D eigenvalue weighted by Crippen LogP contribution is 2.50. The monoisotopic (exact) mass is 770 g/mol. The van der Waals surface area contributed by atoms with Gasteiger partial charge in [0.1, 0.15) is 29.4 Å². The molecule has 3 aromatic carbocycles. The van der Waals surface area contributed by atoms with Crippen LogP contribution in [0.1, 0.15) is 69.0 Å². The normalized spacial score (nSPS) is 17.9. The Kier molecular flexibility index (Phi) is 14.6. The van der Waals surface area contributed by atoms with E-state index in [0.717, 1.165) is 16.7 Å². The number of aryl methyl sites for hydroxylation is 1. The number of nitrogens with zero attached hydrogens (tertiary/aromatic N) is 3. The molecule has 0 bridgehead atoms. The van der Waals surface area contributed by atoms with Gasteiger partial charge in [-0.2, -0.15) is 5.26 Å². The average Bonchev–Trinajstić information content (AvgIpc) is 3.58. The molecule has 0 spiro atoms. The molecule has 1 aromatic heterocycles. The lowest BCUT2D eigenvalue weighted by Gasteiger charge is -2.39. The number of methoxy groups -OCH3 is 2. The SMILES string of the molecule is COc1ccc(C(OC[C@H]2O[C@@H](n3cc(C)c(=O)[nH]c3=O)C[C@@H]2OP(OC/C=C\CC#N)N(C(C)C)C(C)C)(c2ccccc2)c2ccc(OC)cc2)cc1. The van der Waals surface area contributed by atoms with Gasteiger partial charge in [0.2, 0.25) is 0 Å². The fourth-order valence-electron chi connectivity index (χ4n) is 6.77. The van der Waals surface area contributed by atoms with Crippen molar-refractivity contribution in [1.29, 1.82) is 5.26 Å². The van der Waals surface area contributed by atoms with Gasteiger partial charge in [-0.25, -0.2) is 9.46 Å². The zero-order valence-corrected chi connectivity index (χ0v) is 33.4. The molecular weight excluding hydrogens is 719 g/mol. The predicted molar refractivity (Wildman–Crippen MR) is 212 cm³/mol. The first kappa shape index (κ1) is 41.6. The standard InChI is InChI=1S/C42H51N4O8P/c1-29(2)46(30(3)4)55(52-25-13-9-12-24-43)54-37-26-39(45-27-31(5)40(47)44-41(45)48)53-38(37)28-51-42(32-14-10-8-11-15-32,33-16-20-35(49-6)21-17-33)34-18-22-36(50-7)23-19-34/h8-11,13-23,27,29-30,37-39H,12,25-26,28H2,1-7H3,(H,44,47,48)/b13-9-/t37-,38+,39+,55?/m0/s1. The Morgan fingerprint density at radius 2 is 1.51 bits per heavy atom. The minimum absolute atomic E-state index is 0.0415. The maximum absolute atomic E-state index is 13.2. The van der Waals surface area contributed by atoms with Crippen LogP contribution in [0, 0.1) is 18.3 Å². The predicted octanol–water partition coefficient (Wildman–Crippen LogP) is 7.38. The van der Waals surface area contributed by atoms with Crippen LogP contribution in [0.2, 0.25) is 0 Å². The summed E-state index contributed by atoms with van der Waals surface area (Å²) in [5, 5.41) is 9.02. The second kappa shape index (κ2) is 19.3. The van der Waals surface area contributed by atoms with Crippen molar-refractivity contribution in [2.24, 2.45) is 0 Å². The van der Waals surface area contributed by atoms with E-state index in [2.05, 4.69) is 43.4 Å². The molecule has 1 saturated heterocycles. The van der Waals surface area contributed by atoms with Crippen molar-refractivity contribution in [3.63, 3.8) is 0 Å². The van der Waals surface area contributed by atoms with Crippen molar-refractivity contribution < 1.29 is 28.0 Å². The first-order chi connectivity index (χ1) is 26.5. The van der Waals surface area contributed by atoms with Crippen LogP contribution >= 0.6 is 8.53 Å². The smallest absolute Gasteiger partial charge is 0.330 e. The molecule has 2 heterocycles. The molecule has 4 aromatic rings. The molecule has 0 amide bonds. The van der Waals surface area contributed by atoms with Crippen LogP contribution in [-0.4, -0.2) is 65.9 Å². The fourth-order valence-corrected chi connectivity index (χ4v) is 8.49. The van der Waals surface area contributed by atoms with Crippen molar-refractivity contribution in [2.45, 2.75) is 83.6 Å². The van der Waals surface area contributed by atoms with E-state index in [1.807, 2.05) is 84.9 Å². The molecule has 292 valence electrons. The summed E-state index contributed by atoms with van der Waals surface area (Å²) in [5.41, 5.74) is 0.793. The van der Waals surface area contributed by atoms with Gasteiger partial charge in [0.15, 0.2) is 0 Å². The number of nitriles is 1. The highest BCUT2D eigenvalue weighted by Gasteiger charge is 2.45. The Balaban J connectivity index is 1.59. The van der Waals surface area contributed by atoms with Gasteiger partial charge in [0.25, 0.3) is 14.1 Å². The van der Waals surface area contributed by atoms with Gasteiger partial charge in [-0.1, -0.05) is 66.7 Å². The molecule has 0 aliphatic carbocycles. The van der Waals surface area contributed by atoms with Gasteiger partial charge in [0, 0.05) is 30.3 Å². The number of ether oxygens (including phenoxy) is 4. The van der Waals surface area contributed by atoms with E-state index in [1.54, 1.807) is 27.2 Å². The average molecular weight is 771 g/mol. The summed E-state index contributed by atoms with van der Waals surface area (Å²) in [6, 6.07) is 27.8. The number of allylic oxidation sites excluding steroid dienone is 1. The van der Waals surface area contributed by atoms with E-state index in [0.29, 0.717) is 17.1 Å². The van der Waals surface area contributed by atoms with Gasteiger partial charge in [-0.05, 0) is 75.6 Å². The highest BCUT2D eigenvalue weighted by molar-refractivity contribution is 7.44. The van der Waals surface area contributed by atoms with Crippen LogP contribution in [0.5, 0.6) is 11.5 Å². The third-order valence-electron chi connectivity index (χ3n) is 9.40. The van der Waals surface area contributed by atoms with Crippen LogP contribution in [0.3, 0.4) is 0 Å². The van der Waals surface area contributed by atoms with Crippen LogP contribution < -0.4 is 20.7 Å². The summed E-state index contributed by atoms with van der Waals surface area (Å²) in [4.78, 5) is 27.9. The zero-order chi connectivity index (χ0) is 39.5. The summed E-state index contributed by atoms with van der Waals surface area (Å²) >= 11 is 0. The number of benzene rings is 3. The van der Waals surface area contributed by atoms with E-state index in [-0.39, 0.29) is 38.1 Å². The van der Waals surface area contributed by atoms with E-state index < -0.39 is 43.8 Å². The lowest BCUT2D eigenvalue weighted by molar-refractivity contribution is -0.0925. The molecule has 4 atom stereocenters. The van der Waals surface area contributed by atoms with Gasteiger partial charge >= 0.3 is 5.69 Å². The molecule has 0 saturated carbocycles. The fraction of sp³-hybridized carbons (Fsp3) is 0.405. The molecule has 1 N–H and O–H groups in total. The van der Waals surface area contributed by atoms with Crippen molar-refractivity contribution in [3.8, 4) is 17.6 Å². The summed E-state index contributed by atoms with van der Waals surface area (Å²) in [6.45, 7) is 10.3. The third kappa shape index (κ3) is 9.80. The van der Waals surface area contributed by atoms with Gasteiger partial charge in [-0.3, -0.25) is 14.3 Å². The molecule has 12 nitrogen and oxygen atoms in total. The molecule has 5 rings (SSSR count). The van der Waals surface area contributed by atoms with Gasteiger partial charge in [0.05, 0.1) is 46.0 Å². The minimum Gasteiger partial charge on any atom is -0.497 e. The molecule has 1 unspecified atom stereocenters. The van der Waals surface area contributed by atoms with Crippen LogP contribution in [-0.2, 0) is 24.1 Å². The number of rotatable bonds is 18. The van der Waals surface area contributed by atoms with Crippen molar-refractivity contribution in [3.05, 3.63) is 140 Å². The minimum atomic E-state index is -1.66. The molecule has 1 aliphatic rings. The van der Waals surface area contributed by atoms with Crippen LogP contribution in [0.25, 0.3) is 0 Å². The zero-order valence-electron chi connectivity index (χ0n) is 32.5. The highest BCUT2D eigenvalue weighted by atomic mass is 31.2. The van der Waals surface area contributed by atoms with Crippen molar-refractivity contribution in [2.75, 3.05) is 27.4 Å². The summed E-state index contributed by atoms with van der Waals surface area (Å²) in [6.07, 6.45) is 3.59. The van der Waals surface area contributed by atoms with Crippen molar-refractivity contribution >= 4 is 8.53 Å². The van der Waals surface area contributed by atoms with Gasteiger partial charge in [-0.15, -0.1) is 0 Å². The molecule has 0 radical (unpaired) electrons. The Morgan fingerprint density at radius 1 is 0.927 bits per heavy atom. The second-order valence-corrected chi connectivity index (χ2v) is 15.1. The summed E-state index contributed by atoms with van der Waals surface area (Å²) in [7, 11) is 1.60. The summed E-state index contributed by atoms with van der Waals surface area (Å²) < 4.78 is 41.9. The number of hydrogen-bond acceptors (Lipinski definition) is 10. The number of aromatic amines is 1. The quantitative estimate of drug-likeness (QED) is 0.0620. The van der Waals surface area contributed by atoms with Crippen molar-refractivity contribution in [1.82, 2.24) is 14.2 Å². The number of hydrogen-bond donors (Lipinski definition) is 1. The molecule has 1 aliphatic heterocycles. The van der Waals surface area contributed by atoms with E-state index in [9.17, 15) is 9.59 Å². The Hall–Kier alpha value is -4.60. The first-order valence-corrected chi connectivity index (χ1v) is 19.5. The Morgan fingerprint density at radius 3 is 2.05 bits per heavy atom. The maximum Gasteiger partial charge on any atom is 0.330 e. The molecule has 13 heteroatoms. The molecule has 55 heavy (non-hydrogen) atoms. The Labute approximate surface area is 324 Å². The lowest BCUT2D eigenvalue weighted by Crippen LogP contribution is -2.39. The van der Waals surface area contributed by atoms with Crippen LogP contribution in [0.15, 0.2) is 107 Å². The topological polar surface area (TPSA) is 137 Å². The second-order valence-electron chi connectivity index (χ2n) is 13.7. The molecular formula is C42H51N4O8P. The Bertz CT molecular complexity index is 1950. The number of nitrogens with one attached hydrogen (secondary N) is 1. The van der Waals surface area contributed by atoms with E-state index in [4.69, 9.17) is 33.3 Å². The summed E-state index contributed by atoms with van der Waals surface area (Å²) in [5.74, 6) is 1.40. The molecule has 1 fully saturated rings. The third-order valence-corrected chi connectivity index (χ3v) is 11.5. The van der Waals surface area contributed by atoms with E-state index in [1.165, 1.54) is 10.8 Å². The lowest BCUT2D eigenvalue weighted by atomic mass is 9.80. The maximum atomic E-state index is 13.2. The number of aromatic nitrogens is 2. The van der Waals surface area contributed by atoms with Gasteiger partial charge < -0.3 is 28.0 Å². The van der Waals surface area contributed by atoms with Crippen LogP contribution in [0.4, 0.5) is 0 Å². The number of H-pyrrole nitrogens is 1. The van der Waals surface area contributed by atoms with E-state index >= 15 is 0 Å².